The van der Waals surface area contributed by atoms with E-state index in [0.29, 0.717) is 34.9 Å². The van der Waals surface area contributed by atoms with Crippen LogP contribution in [0.5, 0.6) is 5.75 Å². The molecule has 2 atom stereocenters. The van der Waals surface area contributed by atoms with Gasteiger partial charge in [0, 0.05) is 47.2 Å². The fraction of sp³-hybridized carbons (Fsp3) is 0.235. The molecule has 0 saturated carbocycles. The van der Waals surface area contributed by atoms with Crippen LogP contribution in [0.2, 0.25) is 10.0 Å². The van der Waals surface area contributed by atoms with E-state index in [-0.39, 0.29) is 36.1 Å². The highest BCUT2D eigenvalue weighted by molar-refractivity contribution is 6.35. The number of nitrogens with one attached hydrogen (secondary N) is 1. The Labute approximate surface area is 268 Å². The molecule has 0 radical (unpaired) electrons. The minimum absolute atomic E-state index is 0.0106. The summed E-state index contributed by atoms with van der Waals surface area (Å²) in [6.45, 7) is 0.179. The topological polar surface area (TPSA) is 80.2 Å². The molecule has 1 amide bonds. The van der Waals surface area contributed by atoms with Gasteiger partial charge in [0.2, 0.25) is 5.90 Å². The van der Waals surface area contributed by atoms with E-state index in [1.165, 1.54) is 12.1 Å². The van der Waals surface area contributed by atoms with Gasteiger partial charge < -0.3 is 19.9 Å². The normalized spacial score (nSPS) is 17.8. The maximum atomic E-state index is 14.3. The molecule has 5 rings (SSSR count). The van der Waals surface area contributed by atoms with Crippen LogP contribution >= 0.6 is 23.2 Å². The smallest absolute Gasteiger partial charge is 0.416 e. The molecule has 0 aromatic heterocycles. The lowest BCUT2D eigenvalue weighted by Gasteiger charge is -2.31. The monoisotopic (exact) mass is 656 g/mol. The van der Waals surface area contributed by atoms with Gasteiger partial charge in [-0.15, -0.1) is 0 Å². The predicted octanol–water partition coefficient (Wildman–Crippen LogP) is 7.59. The number of rotatable bonds is 11. The summed E-state index contributed by atoms with van der Waals surface area (Å²) >= 11 is 12.9. The van der Waals surface area contributed by atoms with Gasteiger partial charge in [-0.2, -0.15) is 13.2 Å². The quantitative estimate of drug-likeness (QED) is 0.163. The van der Waals surface area contributed by atoms with E-state index in [4.69, 9.17) is 42.8 Å². The van der Waals surface area contributed by atoms with Crippen molar-refractivity contribution in [3.63, 3.8) is 0 Å². The van der Waals surface area contributed by atoms with Gasteiger partial charge in [-0.1, -0.05) is 71.7 Å². The molecule has 0 saturated heterocycles. The number of carbonyl (C=O) groups excluding carboxylic acids is 1. The molecular weight excluding hydrogens is 628 g/mol. The zero-order valence-corrected chi connectivity index (χ0v) is 25.4. The third kappa shape index (κ3) is 7.61. The van der Waals surface area contributed by atoms with Crippen molar-refractivity contribution in [2.75, 3.05) is 13.2 Å². The number of amides is 1. The van der Waals surface area contributed by atoms with Crippen molar-refractivity contribution in [1.82, 2.24) is 5.32 Å². The highest BCUT2D eigenvalue weighted by Crippen LogP contribution is 2.45. The maximum absolute atomic E-state index is 14.3. The van der Waals surface area contributed by atoms with Crippen molar-refractivity contribution in [3.8, 4) is 5.75 Å². The van der Waals surface area contributed by atoms with Gasteiger partial charge in [0.1, 0.15) is 5.75 Å². The van der Waals surface area contributed by atoms with Crippen LogP contribution in [0.1, 0.15) is 40.3 Å². The minimum Gasteiger partial charge on any atom is -0.494 e. The Balaban J connectivity index is 1.56. The molecule has 1 heterocycles. The summed E-state index contributed by atoms with van der Waals surface area (Å²) in [4.78, 5) is 19.3. The molecule has 2 N–H and O–H groups in total. The van der Waals surface area contributed by atoms with Gasteiger partial charge in [0.25, 0.3) is 5.91 Å². The first-order chi connectivity index (χ1) is 21.6. The molecular formula is C34H29Cl2F3N2O4. The van der Waals surface area contributed by atoms with Crippen molar-refractivity contribution in [2.24, 2.45) is 4.99 Å². The highest BCUT2D eigenvalue weighted by atomic mass is 35.5. The number of hydrogen-bond donors (Lipinski definition) is 2. The number of carbonyl (C=O) groups is 1. The summed E-state index contributed by atoms with van der Waals surface area (Å²) in [5.41, 5.74) is -0.329. The molecule has 0 fully saturated rings. The minimum atomic E-state index is -4.52. The molecule has 11 heteroatoms. The summed E-state index contributed by atoms with van der Waals surface area (Å²) in [6, 6.07) is 25.8. The van der Waals surface area contributed by atoms with Gasteiger partial charge >= 0.3 is 6.18 Å². The second-order valence-corrected chi connectivity index (χ2v) is 11.3. The first-order valence-corrected chi connectivity index (χ1v) is 14.9. The van der Waals surface area contributed by atoms with Gasteiger partial charge in [0.05, 0.1) is 12.2 Å². The summed E-state index contributed by atoms with van der Waals surface area (Å²) in [6.07, 6.45) is -4.96. The second kappa shape index (κ2) is 13.9. The molecule has 4 aromatic carbocycles. The van der Waals surface area contributed by atoms with Crippen molar-refractivity contribution in [1.29, 1.82) is 0 Å². The molecule has 234 valence electrons. The van der Waals surface area contributed by atoms with E-state index in [9.17, 15) is 18.0 Å². The number of alkyl halides is 3. The Bertz CT molecular complexity index is 1670. The number of aliphatic hydroxyl groups is 1. The van der Waals surface area contributed by atoms with Gasteiger partial charge in [-0.05, 0) is 59.7 Å². The van der Waals surface area contributed by atoms with Crippen LogP contribution in [-0.2, 0) is 28.7 Å². The lowest BCUT2D eigenvalue weighted by molar-refractivity contribution is -0.137. The van der Waals surface area contributed by atoms with E-state index >= 15 is 0 Å². The Kier molecular flexibility index (Phi) is 10.0. The van der Waals surface area contributed by atoms with Crippen LogP contribution in [0, 0.1) is 0 Å². The average Bonchev–Trinajstić information content (AvgIpc) is 3.40. The Hall–Kier alpha value is -4.05. The number of hydrogen-bond acceptors (Lipinski definition) is 5. The summed E-state index contributed by atoms with van der Waals surface area (Å²) < 4.78 is 52.2. The van der Waals surface area contributed by atoms with Crippen LogP contribution < -0.4 is 10.1 Å². The average molecular weight is 658 g/mol. The van der Waals surface area contributed by atoms with E-state index in [1.807, 2.05) is 30.3 Å². The van der Waals surface area contributed by atoms with Crippen molar-refractivity contribution in [3.05, 3.63) is 135 Å². The van der Waals surface area contributed by atoms with Crippen molar-refractivity contribution < 1.29 is 32.5 Å². The Morgan fingerprint density at radius 3 is 2.38 bits per heavy atom. The first-order valence-electron chi connectivity index (χ1n) is 14.1. The number of aliphatic hydroxyl groups excluding tert-OH is 1. The lowest BCUT2D eigenvalue weighted by Crippen LogP contribution is -2.49. The summed E-state index contributed by atoms with van der Waals surface area (Å²) in [5, 5.41) is 12.5. The van der Waals surface area contributed by atoms with Crippen LogP contribution in [-0.4, -0.2) is 35.7 Å². The van der Waals surface area contributed by atoms with E-state index in [1.54, 1.807) is 42.5 Å². The molecule has 0 aliphatic carbocycles. The lowest BCUT2D eigenvalue weighted by atomic mass is 9.82. The molecule has 45 heavy (non-hydrogen) atoms. The van der Waals surface area contributed by atoms with E-state index < -0.39 is 29.3 Å². The van der Waals surface area contributed by atoms with Crippen molar-refractivity contribution in [2.45, 2.75) is 37.2 Å². The molecule has 0 bridgehead atoms. The Morgan fingerprint density at radius 2 is 1.69 bits per heavy atom. The van der Waals surface area contributed by atoms with Gasteiger partial charge in [-0.3, -0.25) is 4.79 Å². The van der Waals surface area contributed by atoms with Gasteiger partial charge in [0.15, 0.2) is 11.6 Å². The SMILES string of the molecule is O=C(NCc1cccc(C(F)(F)F)c1)[C@]1(Cc2ccccc2)N=C(c2ccc(OCCCO)cc2)O[C@@H]1c1ccc(Cl)cc1Cl. The van der Waals surface area contributed by atoms with Gasteiger partial charge in [-0.25, -0.2) is 4.99 Å². The number of aliphatic imine (C=N–C) groups is 1. The molecule has 0 unspecified atom stereocenters. The van der Waals surface area contributed by atoms with E-state index in [0.717, 1.165) is 17.7 Å². The largest absolute Gasteiger partial charge is 0.494 e. The maximum Gasteiger partial charge on any atom is 0.416 e. The van der Waals surface area contributed by atoms with Crippen LogP contribution in [0.15, 0.2) is 102 Å². The molecule has 6 nitrogen and oxygen atoms in total. The van der Waals surface area contributed by atoms with Crippen LogP contribution in [0.4, 0.5) is 13.2 Å². The molecule has 1 aliphatic heterocycles. The molecule has 0 spiro atoms. The van der Waals surface area contributed by atoms with Crippen LogP contribution in [0.3, 0.4) is 0 Å². The highest BCUT2D eigenvalue weighted by Gasteiger charge is 2.53. The molecule has 4 aromatic rings. The number of nitrogens with zero attached hydrogens (tertiary/aromatic N) is 1. The molecule has 1 aliphatic rings. The van der Waals surface area contributed by atoms with E-state index in [2.05, 4.69) is 5.32 Å². The fourth-order valence-electron chi connectivity index (χ4n) is 5.07. The number of ether oxygens (including phenoxy) is 2. The van der Waals surface area contributed by atoms with Crippen LogP contribution in [0.25, 0.3) is 0 Å². The first kappa shape index (κ1) is 32.3. The predicted molar refractivity (Wildman–Crippen MR) is 167 cm³/mol. The third-order valence-corrected chi connectivity index (χ3v) is 7.86. The second-order valence-electron chi connectivity index (χ2n) is 10.5. The summed E-state index contributed by atoms with van der Waals surface area (Å²) in [7, 11) is 0. The summed E-state index contributed by atoms with van der Waals surface area (Å²) in [5.74, 6) is 0.203. The number of halogens is 5. The third-order valence-electron chi connectivity index (χ3n) is 7.30. The standard InChI is InChI=1S/C34H29Cl2F3N2O4/c35-26-12-15-28(29(36)19-26)30-33(20-22-6-2-1-3-7-22,32(43)40-21-23-8-4-9-25(18-23)34(37,38)39)41-31(45-30)24-10-13-27(14-11-24)44-17-5-16-42/h1-4,6-15,18-19,30,42H,5,16-17,20-21H2,(H,40,43)/t30-,33-/m1/s1. The Morgan fingerprint density at radius 1 is 0.956 bits per heavy atom. The van der Waals surface area contributed by atoms with Crippen molar-refractivity contribution >= 4 is 35.0 Å². The number of benzene rings is 4. The zero-order chi connectivity index (χ0) is 32.0. The zero-order valence-electron chi connectivity index (χ0n) is 23.9. The fourth-order valence-corrected chi connectivity index (χ4v) is 5.58.